The molecule has 8 heteroatoms. The standard InChI is InChI=1S/C26H14O6S2/c27-14-3-9-1-2-10-22(11(9)4-15(14)28)25-24(13-6-17(30)19(32)8-21(13)34-25)26-23(10)12-5-16(29)18(31)7-20(12)33-26/h1-8,27-32H. The third-order valence-electron chi connectivity index (χ3n) is 6.41. The maximum atomic E-state index is 10.3. The maximum absolute atomic E-state index is 10.3. The van der Waals surface area contributed by atoms with E-state index < -0.39 is 0 Å². The molecule has 0 bridgehead atoms. The van der Waals surface area contributed by atoms with Crippen molar-refractivity contribution in [2.24, 2.45) is 0 Å². The Bertz CT molecular complexity index is 2030. The van der Waals surface area contributed by atoms with Crippen LogP contribution in [0.15, 0.2) is 48.5 Å². The lowest BCUT2D eigenvalue weighted by Crippen LogP contribution is -1.82. The van der Waals surface area contributed by atoms with E-state index in [1.165, 1.54) is 46.9 Å². The summed E-state index contributed by atoms with van der Waals surface area (Å²) < 4.78 is 3.39. The number of benzene rings is 5. The van der Waals surface area contributed by atoms with Gasteiger partial charge in [0, 0.05) is 57.9 Å². The van der Waals surface area contributed by atoms with Crippen molar-refractivity contribution in [3.05, 3.63) is 48.5 Å². The quantitative estimate of drug-likeness (QED) is 0.102. The molecule has 0 unspecified atom stereocenters. The average molecular weight is 487 g/mol. The summed E-state index contributed by atoms with van der Waals surface area (Å²) in [5, 5.41) is 67.6. The van der Waals surface area contributed by atoms with Crippen LogP contribution in [0.4, 0.5) is 0 Å². The summed E-state index contributed by atoms with van der Waals surface area (Å²) in [5.41, 5.74) is 0. The summed E-state index contributed by atoms with van der Waals surface area (Å²) in [7, 11) is 0. The molecule has 166 valence electrons. The Morgan fingerprint density at radius 1 is 0.412 bits per heavy atom. The van der Waals surface area contributed by atoms with Crippen LogP contribution in [-0.4, -0.2) is 30.6 Å². The molecule has 0 saturated carbocycles. The molecule has 0 spiro atoms. The summed E-state index contributed by atoms with van der Waals surface area (Å²) in [6.45, 7) is 0. The van der Waals surface area contributed by atoms with Crippen LogP contribution in [-0.2, 0) is 0 Å². The van der Waals surface area contributed by atoms with Crippen LogP contribution in [0, 0.1) is 0 Å². The van der Waals surface area contributed by atoms with Crippen LogP contribution in [0.1, 0.15) is 0 Å². The fourth-order valence-corrected chi connectivity index (χ4v) is 7.55. The van der Waals surface area contributed by atoms with Gasteiger partial charge in [0.05, 0.1) is 0 Å². The first kappa shape index (κ1) is 19.3. The van der Waals surface area contributed by atoms with Crippen molar-refractivity contribution in [2.45, 2.75) is 0 Å². The van der Waals surface area contributed by atoms with E-state index in [-0.39, 0.29) is 34.5 Å². The van der Waals surface area contributed by atoms with Gasteiger partial charge >= 0.3 is 0 Å². The van der Waals surface area contributed by atoms with E-state index in [4.69, 9.17) is 0 Å². The van der Waals surface area contributed by atoms with Crippen molar-refractivity contribution in [3.63, 3.8) is 0 Å². The van der Waals surface area contributed by atoms with E-state index in [1.54, 1.807) is 12.1 Å². The fourth-order valence-electron chi connectivity index (χ4n) is 4.89. The Balaban J connectivity index is 1.87. The van der Waals surface area contributed by atoms with E-state index in [9.17, 15) is 30.6 Å². The number of rotatable bonds is 0. The van der Waals surface area contributed by atoms with Crippen LogP contribution >= 0.6 is 22.7 Å². The molecular weight excluding hydrogens is 472 g/mol. The minimum atomic E-state index is -0.234. The van der Waals surface area contributed by atoms with Crippen molar-refractivity contribution in [3.8, 4) is 34.5 Å². The molecule has 6 N–H and O–H groups in total. The van der Waals surface area contributed by atoms with E-state index in [1.807, 2.05) is 12.1 Å². The minimum absolute atomic E-state index is 0.205. The number of thiophene rings is 2. The summed E-state index contributed by atoms with van der Waals surface area (Å²) >= 11 is 2.93. The Labute approximate surface area is 198 Å². The van der Waals surface area contributed by atoms with Gasteiger partial charge in [-0.25, -0.2) is 0 Å². The third kappa shape index (κ3) is 2.33. The number of hydrogen-bond donors (Lipinski definition) is 6. The van der Waals surface area contributed by atoms with Crippen molar-refractivity contribution in [1.82, 2.24) is 0 Å². The molecule has 0 aliphatic heterocycles. The zero-order chi connectivity index (χ0) is 23.5. The summed E-state index contributed by atoms with van der Waals surface area (Å²) in [6.07, 6.45) is 0. The van der Waals surface area contributed by atoms with Gasteiger partial charge in [-0.2, -0.15) is 0 Å². The SMILES string of the molecule is Oc1cc2ccc3c(c2cc1O)c1sc2cc(O)c(O)cc2c1c1sc2cc(O)c(O)cc2c31. The first-order valence-corrected chi connectivity index (χ1v) is 11.9. The zero-order valence-corrected chi connectivity index (χ0v) is 18.8. The molecule has 2 aromatic heterocycles. The van der Waals surface area contributed by atoms with Gasteiger partial charge in [0.1, 0.15) is 0 Å². The normalized spacial score (nSPS) is 12.2. The number of fused-ring (bicyclic) bond motifs is 12. The highest BCUT2D eigenvalue weighted by Gasteiger charge is 2.22. The molecule has 34 heavy (non-hydrogen) atoms. The molecule has 0 saturated heterocycles. The zero-order valence-electron chi connectivity index (χ0n) is 17.1. The van der Waals surface area contributed by atoms with Gasteiger partial charge in [-0.05, 0) is 40.4 Å². The molecule has 0 fully saturated rings. The molecule has 0 aliphatic carbocycles. The number of hydrogen-bond acceptors (Lipinski definition) is 8. The lowest BCUT2D eigenvalue weighted by Gasteiger charge is -2.10. The Morgan fingerprint density at radius 2 is 0.853 bits per heavy atom. The Morgan fingerprint density at radius 3 is 1.44 bits per heavy atom. The number of phenols is 6. The second-order valence-corrected chi connectivity index (χ2v) is 10.4. The predicted octanol–water partition coefficient (Wildman–Crippen LogP) is 6.96. The molecule has 0 atom stereocenters. The van der Waals surface area contributed by atoms with Crippen molar-refractivity contribution < 1.29 is 30.6 Å². The van der Waals surface area contributed by atoms with E-state index in [0.29, 0.717) is 0 Å². The first-order chi connectivity index (χ1) is 16.3. The van der Waals surface area contributed by atoms with Gasteiger partial charge in [0.15, 0.2) is 34.5 Å². The lowest BCUT2D eigenvalue weighted by molar-refractivity contribution is 0.405. The second kappa shape index (κ2) is 6.25. The van der Waals surface area contributed by atoms with Crippen LogP contribution < -0.4 is 0 Å². The van der Waals surface area contributed by atoms with Crippen molar-refractivity contribution in [2.75, 3.05) is 0 Å². The molecule has 0 amide bonds. The first-order valence-electron chi connectivity index (χ1n) is 10.3. The molecule has 2 heterocycles. The predicted molar refractivity (Wildman–Crippen MR) is 137 cm³/mol. The molecule has 7 rings (SSSR count). The fraction of sp³-hybridized carbons (Fsp3) is 0. The van der Waals surface area contributed by atoms with Gasteiger partial charge in [-0.1, -0.05) is 12.1 Å². The topological polar surface area (TPSA) is 121 Å². The third-order valence-corrected chi connectivity index (χ3v) is 8.75. The molecule has 0 aliphatic rings. The molecule has 7 aromatic rings. The van der Waals surface area contributed by atoms with E-state index in [2.05, 4.69) is 0 Å². The van der Waals surface area contributed by atoms with Crippen molar-refractivity contribution in [1.29, 1.82) is 0 Å². The van der Waals surface area contributed by atoms with Crippen LogP contribution in [0.2, 0.25) is 0 Å². The highest BCUT2D eigenvalue weighted by Crippen LogP contribution is 2.53. The summed E-state index contributed by atoms with van der Waals surface area (Å²) in [5.74, 6) is -1.31. The van der Waals surface area contributed by atoms with Gasteiger partial charge in [-0.3, -0.25) is 0 Å². The lowest BCUT2D eigenvalue weighted by atomic mass is 9.95. The summed E-state index contributed by atoms with van der Waals surface area (Å²) in [6, 6.07) is 13.0. The van der Waals surface area contributed by atoms with E-state index >= 15 is 0 Å². The van der Waals surface area contributed by atoms with Crippen molar-refractivity contribution >= 4 is 84.6 Å². The number of aromatic hydroxyl groups is 6. The molecular formula is C26H14O6S2. The highest BCUT2D eigenvalue weighted by atomic mass is 32.1. The maximum Gasteiger partial charge on any atom is 0.158 e. The van der Waals surface area contributed by atoms with Gasteiger partial charge in [-0.15, -0.1) is 22.7 Å². The molecule has 0 radical (unpaired) electrons. The second-order valence-electron chi connectivity index (χ2n) is 8.34. The molecule has 5 aromatic carbocycles. The Hall–Kier alpha value is -4.14. The largest absolute Gasteiger partial charge is 0.504 e. The van der Waals surface area contributed by atoms with Crippen LogP contribution in [0.25, 0.3) is 61.9 Å². The van der Waals surface area contributed by atoms with Crippen LogP contribution in [0.3, 0.4) is 0 Å². The summed E-state index contributed by atoms with van der Waals surface area (Å²) in [4.78, 5) is 0. The van der Waals surface area contributed by atoms with E-state index in [0.717, 1.165) is 61.9 Å². The number of phenolic OH excluding ortho intramolecular Hbond substituents is 6. The monoisotopic (exact) mass is 486 g/mol. The minimum Gasteiger partial charge on any atom is -0.504 e. The Kier molecular flexibility index (Phi) is 3.56. The van der Waals surface area contributed by atoms with Gasteiger partial charge in [0.2, 0.25) is 0 Å². The molecule has 6 nitrogen and oxygen atoms in total. The highest BCUT2D eigenvalue weighted by molar-refractivity contribution is 7.30. The van der Waals surface area contributed by atoms with Gasteiger partial charge in [0.25, 0.3) is 0 Å². The smallest absolute Gasteiger partial charge is 0.158 e. The average Bonchev–Trinajstić information content (AvgIpc) is 3.33. The van der Waals surface area contributed by atoms with Crippen LogP contribution in [0.5, 0.6) is 34.5 Å². The van der Waals surface area contributed by atoms with Gasteiger partial charge < -0.3 is 30.6 Å².